The smallest absolute Gasteiger partial charge is 0.277 e. The molecule has 45 heavy (non-hydrogen) atoms. The summed E-state index contributed by atoms with van der Waals surface area (Å²) in [5.41, 5.74) is 6.89. The molecule has 6 heteroatoms. The molecule has 0 saturated heterocycles. The number of aromatic nitrogens is 1. The van der Waals surface area contributed by atoms with Gasteiger partial charge in [0.2, 0.25) is 0 Å². The second kappa shape index (κ2) is 13.2. The zero-order valence-electron chi connectivity index (χ0n) is 28.3. The molecule has 0 saturated carbocycles. The molecule has 5 nitrogen and oxygen atoms in total. The van der Waals surface area contributed by atoms with Gasteiger partial charge in [0.25, 0.3) is 5.82 Å². The molecule has 0 atom stereocenters. The molecule has 0 aliphatic carbocycles. The Morgan fingerprint density at radius 3 is 2.22 bits per heavy atom. The molecule has 2 aliphatic heterocycles. The molecule has 0 spiro atoms. The molecule has 3 aromatic carbocycles. The summed E-state index contributed by atoms with van der Waals surface area (Å²) < 4.78 is 4.56. The number of nitrogens with zero attached hydrogens (tertiary/aromatic N) is 5. The maximum atomic E-state index is 2.69. The van der Waals surface area contributed by atoms with Gasteiger partial charge in [-0.1, -0.05) is 72.4 Å². The fourth-order valence-corrected chi connectivity index (χ4v) is 8.01. The van der Waals surface area contributed by atoms with Crippen LogP contribution in [0, 0.1) is 0 Å². The van der Waals surface area contributed by atoms with Gasteiger partial charge < -0.3 is 13.9 Å². The highest BCUT2D eigenvalue weighted by atomic mass is 32.2. The number of pyridine rings is 1. The summed E-state index contributed by atoms with van der Waals surface area (Å²) in [5.74, 6) is 1.33. The normalized spacial score (nSPS) is 15.6. The van der Waals surface area contributed by atoms with E-state index in [0.717, 1.165) is 61.1 Å². The van der Waals surface area contributed by atoms with Crippen molar-refractivity contribution < 1.29 is 13.5 Å². The van der Waals surface area contributed by atoms with E-state index in [1.807, 2.05) is 11.8 Å². The second-order valence-corrected chi connectivity index (χ2v) is 15.9. The molecule has 4 aromatic rings. The minimum Gasteiger partial charge on any atom is -0.335 e. The van der Waals surface area contributed by atoms with E-state index in [1.165, 1.54) is 61.9 Å². The summed E-state index contributed by atoms with van der Waals surface area (Å²) in [6.45, 7) is 6.35. The Hall–Kier alpha value is -3.32. The molecule has 1 aromatic heterocycles. The fourth-order valence-electron chi connectivity index (χ4n) is 6.82. The molecule has 236 valence electrons. The van der Waals surface area contributed by atoms with E-state index in [9.17, 15) is 0 Å². The van der Waals surface area contributed by atoms with Gasteiger partial charge in [0.05, 0.1) is 79.2 Å². The molecule has 6 rings (SSSR count). The van der Waals surface area contributed by atoms with E-state index in [4.69, 9.17) is 0 Å². The first-order valence-electron chi connectivity index (χ1n) is 16.7. The molecule has 0 unspecified atom stereocenters. The number of rotatable bonds is 12. The summed E-state index contributed by atoms with van der Waals surface area (Å²) in [4.78, 5) is 6.68. The number of anilines is 2. The van der Waals surface area contributed by atoms with Crippen molar-refractivity contribution >= 4 is 40.2 Å². The number of thioether (sulfide) groups is 1. The lowest BCUT2D eigenvalue weighted by Crippen LogP contribution is -2.46. The first kappa shape index (κ1) is 31.7. The van der Waals surface area contributed by atoms with Crippen LogP contribution in [-0.2, 0) is 13.0 Å². The van der Waals surface area contributed by atoms with Crippen LogP contribution in [0.3, 0.4) is 0 Å². The van der Waals surface area contributed by atoms with Crippen LogP contribution in [0.4, 0.5) is 11.5 Å². The number of aryl methyl sites for hydroxylation is 1. The number of hydrogen-bond donors (Lipinski definition) is 0. The number of fused-ring (bicyclic) bond motifs is 1. The average molecular weight is 623 g/mol. The maximum absolute atomic E-state index is 2.69. The maximum Gasteiger partial charge on any atom is 0.277 e. The van der Waals surface area contributed by atoms with Gasteiger partial charge in [-0.15, -0.1) is 0 Å². The molecule has 0 fully saturated rings. The van der Waals surface area contributed by atoms with Crippen LogP contribution in [-0.4, -0.2) is 84.0 Å². The highest BCUT2D eigenvalue weighted by molar-refractivity contribution is 8.03. The minimum atomic E-state index is 0.852. The summed E-state index contributed by atoms with van der Waals surface area (Å²) >= 11 is 1.94. The predicted molar refractivity (Wildman–Crippen MR) is 193 cm³/mol. The van der Waals surface area contributed by atoms with E-state index < -0.39 is 0 Å². The molecule has 0 N–H and O–H groups in total. The third-order valence-corrected chi connectivity index (χ3v) is 10.1. The second-order valence-electron chi connectivity index (χ2n) is 14.9. The molecule has 3 heterocycles. The fraction of sp³-hybridized carbons (Fsp3) is 0.410. The lowest BCUT2D eigenvalue weighted by Gasteiger charge is -2.28. The van der Waals surface area contributed by atoms with Crippen molar-refractivity contribution in [2.24, 2.45) is 0 Å². The van der Waals surface area contributed by atoms with E-state index >= 15 is 0 Å². The summed E-state index contributed by atoms with van der Waals surface area (Å²) in [6.07, 6.45) is 7.18. The summed E-state index contributed by atoms with van der Waals surface area (Å²) in [7, 11) is 13.8. The van der Waals surface area contributed by atoms with E-state index in [0.29, 0.717) is 0 Å². The van der Waals surface area contributed by atoms with Crippen LogP contribution < -0.4 is 14.4 Å². The van der Waals surface area contributed by atoms with Gasteiger partial charge in [0, 0.05) is 35.7 Å². The molecule has 0 amide bonds. The van der Waals surface area contributed by atoms with Crippen LogP contribution in [0.5, 0.6) is 0 Å². The molecular formula is C39H52N5S+3. The summed E-state index contributed by atoms with van der Waals surface area (Å²) in [5, 5.41) is 2.67. The van der Waals surface area contributed by atoms with Gasteiger partial charge in [0.15, 0.2) is 0 Å². The highest BCUT2D eigenvalue weighted by Gasteiger charge is 2.31. The zero-order chi connectivity index (χ0) is 31.6. The first-order chi connectivity index (χ1) is 21.6. The standard InChI is InChI=1S/C39H52N5S/c1-43(2,3)26-14-23-40(24-15-27-44(4,5)6)37-28-33(29-38-41-25-13-19-32-18-12-22-36(45-38)39(32)41)34-20-10-11-21-35(34)42(37)30-31-16-8-7-9-17-31/h7-12,16-18,20-22,28-29H,13-15,19,23-27,30H2,1-6H3/q+3. The quantitative estimate of drug-likeness (QED) is 0.124. The van der Waals surface area contributed by atoms with Crippen molar-refractivity contribution in [2.75, 3.05) is 84.8 Å². The van der Waals surface area contributed by atoms with Crippen LogP contribution in [0.15, 0.2) is 88.8 Å². The average Bonchev–Trinajstić information content (AvgIpc) is 3.35. The van der Waals surface area contributed by atoms with Crippen molar-refractivity contribution in [1.29, 1.82) is 0 Å². The Morgan fingerprint density at radius 2 is 1.51 bits per heavy atom. The Morgan fingerprint density at radius 1 is 0.822 bits per heavy atom. The Kier molecular flexibility index (Phi) is 9.28. The van der Waals surface area contributed by atoms with E-state index in [2.05, 4.69) is 142 Å². The van der Waals surface area contributed by atoms with Crippen LogP contribution in [0.2, 0.25) is 0 Å². The zero-order valence-corrected chi connectivity index (χ0v) is 29.1. The van der Waals surface area contributed by atoms with Gasteiger partial charge in [-0.05, 0) is 47.7 Å². The summed E-state index contributed by atoms with van der Waals surface area (Å²) in [6, 6.07) is 29.4. The third-order valence-electron chi connectivity index (χ3n) is 9.03. The number of quaternary nitrogens is 2. The molecule has 0 bridgehead atoms. The molecule has 0 radical (unpaired) electrons. The van der Waals surface area contributed by atoms with Crippen molar-refractivity contribution in [1.82, 2.24) is 0 Å². The van der Waals surface area contributed by atoms with E-state index in [-0.39, 0.29) is 0 Å². The first-order valence-corrected chi connectivity index (χ1v) is 17.5. The largest absolute Gasteiger partial charge is 0.335 e. The van der Waals surface area contributed by atoms with Crippen LogP contribution in [0.1, 0.15) is 36.0 Å². The lowest BCUT2D eigenvalue weighted by molar-refractivity contribution is -0.870. The van der Waals surface area contributed by atoms with Crippen LogP contribution in [0.25, 0.3) is 17.0 Å². The topological polar surface area (TPSA) is 10.4 Å². The highest BCUT2D eigenvalue weighted by Crippen LogP contribution is 2.50. The lowest BCUT2D eigenvalue weighted by atomic mass is 10.0. The Labute approximate surface area is 275 Å². The molecule has 2 aliphatic rings. The van der Waals surface area contributed by atoms with Crippen molar-refractivity contribution in [3.63, 3.8) is 0 Å². The van der Waals surface area contributed by atoms with Crippen LogP contribution >= 0.6 is 11.8 Å². The van der Waals surface area contributed by atoms with Gasteiger partial charge in [-0.2, -0.15) is 0 Å². The number of para-hydroxylation sites is 2. The van der Waals surface area contributed by atoms with Gasteiger partial charge in [-0.3, -0.25) is 4.90 Å². The minimum absolute atomic E-state index is 0.852. The molecular weight excluding hydrogens is 571 g/mol. The Balaban J connectivity index is 1.47. The SMILES string of the molecule is C[N+](C)(C)CCCN(CCC[N+](C)(C)C)c1cc(/C=C2\Sc3cccc4c3N2CCC4)c2ccccc2[n+]1Cc1ccccc1. The van der Waals surface area contributed by atoms with Gasteiger partial charge in [0.1, 0.15) is 12.1 Å². The van der Waals surface area contributed by atoms with Crippen molar-refractivity contribution in [3.8, 4) is 0 Å². The number of hydrogen-bond acceptors (Lipinski definition) is 3. The number of benzene rings is 3. The third kappa shape index (κ3) is 7.57. The monoisotopic (exact) mass is 622 g/mol. The Bertz CT molecular complexity index is 1650. The van der Waals surface area contributed by atoms with E-state index in [1.54, 1.807) is 0 Å². The van der Waals surface area contributed by atoms with Gasteiger partial charge >= 0.3 is 0 Å². The predicted octanol–water partition coefficient (Wildman–Crippen LogP) is 7.03. The van der Waals surface area contributed by atoms with Gasteiger partial charge in [-0.25, -0.2) is 4.57 Å². The van der Waals surface area contributed by atoms with Crippen molar-refractivity contribution in [3.05, 3.63) is 101 Å². The van der Waals surface area contributed by atoms with Crippen molar-refractivity contribution in [2.45, 2.75) is 37.1 Å².